The van der Waals surface area contributed by atoms with Gasteiger partial charge < -0.3 is 21.1 Å². The minimum Gasteiger partial charge on any atom is -0.396 e. The summed E-state index contributed by atoms with van der Waals surface area (Å²) in [5.74, 6) is -0.121. The second-order valence-corrected chi connectivity index (χ2v) is 5.25. The minimum atomic E-state index is -0.540. The third kappa shape index (κ3) is 4.31. The van der Waals surface area contributed by atoms with Crippen molar-refractivity contribution in [2.24, 2.45) is 5.73 Å². The third-order valence-electron chi connectivity index (χ3n) is 3.59. The van der Waals surface area contributed by atoms with Crippen molar-refractivity contribution in [2.45, 2.75) is 31.7 Å². The lowest BCUT2D eigenvalue weighted by atomic mass is 10.1. The molecule has 0 bridgehead atoms. The predicted octanol–water partition coefficient (Wildman–Crippen LogP) is 1.32. The Morgan fingerprint density at radius 1 is 1.29 bits per heavy atom. The van der Waals surface area contributed by atoms with E-state index in [0.717, 1.165) is 35.7 Å². The number of aliphatic hydroxyl groups excluding tert-OH is 1. The molecular formula is C16H23N3O2. The lowest BCUT2D eigenvalue weighted by molar-refractivity contribution is -0.122. The van der Waals surface area contributed by atoms with Gasteiger partial charge in [-0.05, 0) is 37.3 Å². The summed E-state index contributed by atoms with van der Waals surface area (Å²) in [6.07, 6.45) is 4.99. The number of rotatable bonds is 8. The molecule has 1 heterocycles. The summed E-state index contributed by atoms with van der Waals surface area (Å²) < 4.78 is 0. The molecule has 5 N–H and O–H groups in total. The van der Waals surface area contributed by atoms with E-state index < -0.39 is 6.04 Å². The summed E-state index contributed by atoms with van der Waals surface area (Å²) in [7, 11) is 0. The van der Waals surface area contributed by atoms with Crippen molar-refractivity contribution in [3.8, 4) is 0 Å². The van der Waals surface area contributed by atoms with Crippen LogP contribution in [0.5, 0.6) is 0 Å². The number of nitrogens with two attached hydrogens (primary N) is 1. The van der Waals surface area contributed by atoms with Crippen LogP contribution in [0.2, 0.25) is 0 Å². The van der Waals surface area contributed by atoms with Crippen LogP contribution < -0.4 is 11.1 Å². The number of nitrogens with one attached hydrogen (secondary N) is 2. The molecule has 0 aliphatic carbocycles. The molecule has 0 spiro atoms. The SMILES string of the molecule is N[C@H](Cc1c[nH]c2ccccc12)C(=O)NCCCCCO. The number of para-hydroxylation sites is 1. The summed E-state index contributed by atoms with van der Waals surface area (Å²) in [5.41, 5.74) is 8.10. The quantitative estimate of drug-likeness (QED) is 0.552. The largest absolute Gasteiger partial charge is 0.396 e. The Labute approximate surface area is 124 Å². The number of hydrogen-bond acceptors (Lipinski definition) is 3. The van der Waals surface area contributed by atoms with E-state index in [1.165, 1.54) is 0 Å². The van der Waals surface area contributed by atoms with Crippen molar-refractivity contribution in [1.29, 1.82) is 0 Å². The van der Waals surface area contributed by atoms with E-state index in [1.54, 1.807) is 0 Å². The fourth-order valence-corrected chi connectivity index (χ4v) is 2.39. The van der Waals surface area contributed by atoms with E-state index in [4.69, 9.17) is 10.8 Å². The van der Waals surface area contributed by atoms with Gasteiger partial charge in [0.1, 0.15) is 0 Å². The van der Waals surface area contributed by atoms with Gasteiger partial charge in [0.25, 0.3) is 0 Å². The number of aliphatic hydroxyl groups is 1. The van der Waals surface area contributed by atoms with Crippen molar-refractivity contribution < 1.29 is 9.90 Å². The van der Waals surface area contributed by atoms with Crippen LogP contribution >= 0.6 is 0 Å². The van der Waals surface area contributed by atoms with Gasteiger partial charge >= 0.3 is 0 Å². The number of hydrogen-bond donors (Lipinski definition) is 4. The average molecular weight is 289 g/mol. The Kier molecular flexibility index (Phi) is 5.78. The van der Waals surface area contributed by atoms with Gasteiger partial charge in [-0.15, -0.1) is 0 Å². The van der Waals surface area contributed by atoms with Crippen LogP contribution in [0.3, 0.4) is 0 Å². The van der Waals surface area contributed by atoms with Crippen LogP contribution in [-0.2, 0) is 11.2 Å². The summed E-state index contributed by atoms with van der Waals surface area (Å²) in [4.78, 5) is 15.1. The van der Waals surface area contributed by atoms with Crippen molar-refractivity contribution in [3.63, 3.8) is 0 Å². The van der Waals surface area contributed by atoms with Crippen LogP contribution in [0.4, 0.5) is 0 Å². The molecule has 5 nitrogen and oxygen atoms in total. The first kappa shape index (κ1) is 15.5. The highest BCUT2D eigenvalue weighted by atomic mass is 16.2. The monoisotopic (exact) mass is 289 g/mol. The summed E-state index contributed by atoms with van der Waals surface area (Å²) in [6, 6.07) is 7.45. The third-order valence-corrected chi connectivity index (χ3v) is 3.59. The second kappa shape index (κ2) is 7.81. The van der Waals surface area contributed by atoms with Gasteiger partial charge in [-0.1, -0.05) is 18.2 Å². The fourth-order valence-electron chi connectivity index (χ4n) is 2.39. The molecule has 1 atom stereocenters. The number of benzene rings is 1. The lowest BCUT2D eigenvalue weighted by Crippen LogP contribution is -2.42. The molecule has 0 aliphatic heterocycles. The molecule has 2 rings (SSSR count). The molecule has 0 unspecified atom stereocenters. The van der Waals surface area contributed by atoms with Crippen molar-refractivity contribution in [1.82, 2.24) is 10.3 Å². The number of aromatic nitrogens is 1. The normalized spacial score (nSPS) is 12.5. The van der Waals surface area contributed by atoms with Gasteiger partial charge in [0, 0.05) is 30.3 Å². The number of H-pyrrole nitrogens is 1. The van der Waals surface area contributed by atoms with E-state index in [1.807, 2.05) is 30.5 Å². The average Bonchev–Trinajstić information content (AvgIpc) is 2.90. The van der Waals surface area contributed by atoms with Crippen molar-refractivity contribution in [2.75, 3.05) is 13.2 Å². The minimum absolute atomic E-state index is 0.121. The molecule has 0 saturated heterocycles. The molecule has 1 amide bonds. The van der Waals surface area contributed by atoms with E-state index >= 15 is 0 Å². The van der Waals surface area contributed by atoms with Crippen LogP contribution in [0.25, 0.3) is 10.9 Å². The van der Waals surface area contributed by atoms with Gasteiger partial charge in [0.2, 0.25) is 5.91 Å². The van der Waals surface area contributed by atoms with Crippen molar-refractivity contribution >= 4 is 16.8 Å². The molecule has 0 radical (unpaired) electrons. The molecule has 5 heteroatoms. The molecule has 2 aromatic rings. The zero-order valence-corrected chi connectivity index (χ0v) is 12.1. The highest BCUT2D eigenvalue weighted by Gasteiger charge is 2.15. The Bertz CT molecular complexity index is 580. The molecule has 21 heavy (non-hydrogen) atoms. The van der Waals surface area contributed by atoms with Gasteiger partial charge in [0.15, 0.2) is 0 Å². The first-order chi connectivity index (χ1) is 10.2. The van der Waals surface area contributed by atoms with E-state index in [-0.39, 0.29) is 12.5 Å². The maximum absolute atomic E-state index is 11.9. The molecule has 1 aromatic carbocycles. The maximum Gasteiger partial charge on any atom is 0.237 e. The Morgan fingerprint density at radius 2 is 2.10 bits per heavy atom. The molecule has 0 saturated carbocycles. The Hall–Kier alpha value is -1.85. The van der Waals surface area contributed by atoms with E-state index in [2.05, 4.69) is 10.3 Å². The highest BCUT2D eigenvalue weighted by molar-refractivity contribution is 5.86. The molecule has 0 fully saturated rings. The van der Waals surface area contributed by atoms with E-state index in [0.29, 0.717) is 13.0 Å². The summed E-state index contributed by atoms with van der Waals surface area (Å²) in [5, 5.41) is 12.6. The number of aromatic amines is 1. The number of carbonyl (C=O) groups is 1. The fraction of sp³-hybridized carbons (Fsp3) is 0.438. The number of fused-ring (bicyclic) bond motifs is 1. The topological polar surface area (TPSA) is 91.1 Å². The van der Waals surface area contributed by atoms with E-state index in [9.17, 15) is 4.79 Å². The van der Waals surface area contributed by atoms with Gasteiger partial charge in [-0.2, -0.15) is 0 Å². The van der Waals surface area contributed by atoms with Gasteiger partial charge in [0.05, 0.1) is 6.04 Å². The zero-order chi connectivity index (χ0) is 15.1. The Balaban J connectivity index is 1.83. The van der Waals surface area contributed by atoms with Crippen LogP contribution in [0.1, 0.15) is 24.8 Å². The predicted molar refractivity (Wildman–Crippen MR) is 83.9 cm³/mol. The van der Waals surface area contributed by atoms with Crippen LogP contribution in [0.15, 0.2) is 30.5 Å². The molecule has 0 aliphatic rings. The summed E-state index contributed by atoms with van der Waals surface area (Å²) in [6.45, 7) is 0.814. The first-order valence-corrected chi connectivity index (χ1v) is 7.41. The zero-order valence-electron chi connectivity index (χ0n) is 12.1. The standard InChI is InChI=1S/C16H23N3O2/c17-14(16(21)18-8-4-1-5-9-20)10-12-11-19-15-7-3-2-6-13(12)15/h2-3,6-7,11,14,19-20H,1,4-5,8-10,17H2,(H,18,21)/t14-/m1/s1. The van der Waals surface area contributed by atoms with Crippen LogP contribution in [-0.4, -0.2) is 35.2 Å². The first-order valence-electron chi connectivity index (χ1n) is 7.41. The number of unbranched alkanes of at least 4 members (excludes halogenated alkanes) is 2. The van der Waals surface area contributed by atoms with Crippen LogP contribution in [0, 0.1) is 0 Å². The Morgan fingerprint density at radius 3 is 2.90 bits per heavy atom. The molecule has 114 valence electrons. The summed E-state index contributed by atoms with van der Waals surface area (Å²) >= 11 is 0. The second-order valence-electron chi connectivity index (χ2n) is 5.25. The van der Waals surface area contributed by atoms with Gasteiger partial charge in [-0.3, -0.25) is 4.79 Å². The molecular weight excluding hydrogens is 266 g/mol. The number of carbonyl (C=O) groups excluding carboxylic acids is 1. The maximum atomic E-state index is 11.9. The molecule has 1 aromatic heterocycles. The smallest absolute Gasteiger partial charge is 0.237 e. The lowest BCUT2D eigenvalue weighted by Gasteiger charge is -2.11. The van der Waals surface area contributed by atoms with Gasteiger partial charge in [-0.25, -0.2) is 0 Å². The van der Waals surface area contributed by atoms with Crippen molar-refractivity contribution in [3.05, 3.63) is 36.0 Å². The number of amides is 1. The highest BCUT2D eigenvalue weighted by Crippen LogP contribution is 2.18.